The highest BCUT2D eigenvalue weighted by molar-refractivity contribution is 9.10. The van der Waals surface area contributed by atoms with Gasteiger partial charge in [0.05, 0.1) is 5.56 Å². The van der Waals surface area contributed by atoms with Gasteiger partial charge >= 0.3 is 5.97 Å². The molecule has 1 aromatic carbocycles. The third kappa shape index (κ3) is 3.70. The lowest BCUT2D eigenvalue weighted by Gasteiger charge is -2.20. The van der Waals surface area contributed by atoms with Gasteiger partial charge in [0.15, 0.2) is 5.12 Å². The third-order valence-electron chi connectivity index (χ3n) is 3.53. The summed E-state index contributed by atoms with van der Waals surface area (Å²) in [6.45, 7) is 3.87. The minimum atomic E-state index is -1.04. The Hall–Kier alpha value is -1.34. The predicted molar refractivity (Wildman–Crippen MR) is 89.4 cm³/mol. The number of aromatic carboxylic acids is 1. The number of anilines is 1. The SMILES string of the molecule is CC(=O)SCC1CC(=O)N(c2cc(C(=O)O)c(Br)cc2C)C1. The fourth-order valence-corrected chi connectivity index (χ4v) is 3.80. The van der Waals surface area contributed by atoms with E-state index in [4.69, 9.17) is 0 Å². The first-order valence-electron chi connectivity index (χ1n) is 6.76. The molecule has 1 aromatic rings. The fourth-order valence-electron chi connectivity index (χ4n) is 2.48. The van der Waals surface area contributed by atoms with Gasteiger partial charge in [0.25, 0.3) is 0 Å². The summed E-state index contributed by atoms with van der Waals surface area (Å²) in [5.74, 6) is -0.351. The van der Waals surface area contributed by atoms with Gasteiger partial charge in [0.2, 0.25) is 5.91 Å². The quantitative estimate of drug-likeness (QED) is 0.861. The molecule has 1 fully saturated rings. The summed E-state index contributed by atoms with van der Waals surface area (Å²) >= 11 is 4.46. The molecule has 0 aromatic heterocycles. The van der Waals surface area contributed by atoms with Crippen molar-refractivity contribution >= 4 is 50.4 Å². The summed E-state index contributed by atoms with van der Waals surface area (Å²) in [4.78, 5) is 36.1. The number of hydrogen-bond donors (Lipinski definition) is 1. The number of nitrogens with zero attached hydrogens (tertiary/aromatic N) is 1. The minimum absolute atomic E-state index is 0.0316. The lowest BCUT2D eigenvalue weighted by Crippen LogP contribution is -2.26. The van der Waals surface area contributed by atoms with E-state index < -0.39 is 5.97 Å². The maximum atomic E-state index is 12.2. The van der Waals surface area contributed by atoms with E-state index in [1.54, 1.807) is 11.0 Å². The standard InChI is InChI=1S/C15H16BrNO4S/c1-8-3-12(16)11(15(20)21)5-13(8)17-6-10(4-14(17)19)7-22-9(2)18/h3,5,10H,4,6-7H2,1-2H3,(H,20,21). The van der Waals surface area contributed by atoms with E-state index in [9.17, 15) is 19.5 Å². The van der Waals surface area contributed by atoms with Crippen LogP contribution in [0.25, 0.3) is 0 Å². The molecule has 5 nitrogen and oxygen atoms in total. The molecular formula is C15H16BrNO4S. The highest BCUT2D eigenvalue weighted by Crippen LogP contribution is 2.33. The molecule has 1 aliphatic rings. The van der Waals surface area contributed by atoms with Crippen molar-refractivity contribution in [3.63, 3.8) is 0 Å². The normalized spacial score (nSPS) is 17.9. The second-order valence-electron chi connectivity index (χ2n) is 5.30. The van der Waals surface area contributed by atoms with Crippen LogP contribution in [0, 0.1) is 12.8 Å². The van der Waals surface area contributed by atoms with E-state index in [0.29, 0.717) is 28.9 Å². The molecule has 0 spiro atoms. The van der Waals surface area contributed by atoms with Crippen molar-refractivity contribution in [3.05, 3.63) is 27.7 Å². The summed E-state index contributed by atoms with van der Waals surface area (Å²) in [5, 5.41) is 9.25. The van der Waals surface area contributed by atoms with Crippen LogP contribution in [0.1, 0.15) is 29.3 Å². The molecule has 1 saturated heterocycles. The Balaban J connectivity index is 2.24. The summed E-state index contributed by atoms with van der Waals surface area (Å²) in [6.07, 6.45) is 0.387. The van der Waals surface area contributed by atoms with Crippen LogP contribution in [-0.2, 0) is 9.59 Å². The van der Waals surface area contributed by atoms with Crippen LogP contribution in [0.2, 0.25) is 0 Å². The van der Waals surface area contributed by atoms with E-state index >= 15 is 0 Å². The van der Waals surface area contributed by atoms with Crippen molar-refractivity contribution in [2.45, 2.75) is 20.3 Å². The highest BCUT2D eigenvalue weighted by Gasteiger charge is 2.32. The maximum Gasteiger partial charge on any atom is 0.336 e. The summed E-state index contributed by atoms with van der Waals surface area (Å²) in [7, 11) is 0. The van der Waals surface area contributed by atoms with Gasteiger partial charge in [-0.15, -0.1) is 0 Å². The molecule has 1 unspecified atom stereocenters. The van der Waals surface area contributed by atoms with Gasteiger partial charge in [-0.1, -0.05) is 11.8 Å². The molecule has 0 aliphatic carbocycles. The lowest BCUT2D eigenvalue weighted by atomic mass is 10.1. The average Bonchev–Trinajstić information content (AvgIpc) is 2.77. The van der Waals surface area contributed by atoms with Crippen molar-refractivity contribution < 1.29 is 19.5 Å². The molecule has 7 heteroatoms. The number of halogens is 1. The smallest absolute Gasteiger partial charge is 0.336 e. The van der Waals surface area contributed by atoms with Gasteiger partial charge in [-0.05, 0) is 46.5 Å². The molecule has 0 saturated carbocycles. The summed E-state index contributed by atoms with van der Waals surface area (Å²) in [6, 6.07) is 3.24. The van der Waals surface area contributed by atoms with Gasteiger partial charge in [0, 0.05) is 35.8 Å². The van der Waals surface area contributed by atoms with Gasteiger partial charge < -0.3 is 10.0 Å². The number of carbonyl (C=O) groups is 3. The second kappa shape index (κ2) is 6.83. The topological polar surface area (TPSA) is 74.7 Å². The van der Waals surface area contributed by atoms with E-state index in [2.05, 4.69) is 15.9 Å². The van der Waals surface area contributed by atoms with Gasteiger partial charge in [0.1, 0.15) is 0 Å². The van der Waals surface area contributed by atoms with Crippen molar-refractivity contribution in [1.29, 1.82) is 0 Å². The molecule has 1 atom stereocenters. The number of aryl methyl sites for hydroxylation is 1. The van der Waals surface area contributed by atoms with E-state index in [0.717, 1.165) is 5.56 Å². The van der Waals surface area contributed by atoms with Crippen molar-refractivity contribution in [3.8, 4) is 0 Å². The van der Waals surface area contributed by atoms with E-state index in [1.807, 2.05) is 6.92 Å². The zero-order valence-electron chi connectivity index (χ0n) is 12.3. The van der Waals surface area contributed by atoms with Crippen molar-refractivity contribution in [2.75, 3.05) is 17.2 Å². The fraction of sp³-hybridized carbons (Fsp3) is 0.400. The molecule has 0 bridgehead atoms. The van der Waals surface area contributed by atoms with Crippen molar-refractivity contribution in [1.82, 2.24) is 0 Å². The Morgan fingerprint density at radius 2 is 2.14 bits per heavy atom. The van der Waals surface area contributed by atoms with Crippen LogP contribution < -0.4 is 4.90 Å². The molecular weight excluding hydrogens is 370 g/mol. The van der Waals surface area contributed by atoms with Crippen LogP contribution in [0.3, 0.4) is 0 Å². The summed E-state index contributed by atoms with van der Waals surface area (Å²) < 4.78 is 0.497. The highest BCUT2D eigenvalue weighted by atomic mass is 79.9. The van der Waals surface area contributed by atoms with E-state index in [-0.39, 0.29) is 22.5 Å². The Morgan fingerprint density at radius 1 is 1.45 bits per heavy atom. The Labute approximate surface area is 141 Å². The largest absolute Gasteiger partial charge is 0.478 e. The van der Waals surface area contributed by atoms with Crippen molar-refractivity contribution in [2.24, 2.45) is 5.92 Å². The second-order valence-corrected chi connectivity index (χ2v) is 7.35. The lowest BCUT2D eigenvalue weighted by molar-refractivity contribution is -0.117. The predicted octanol–water partition coefficient (Wildman–Crippen LogP) is 3.09. The Morgan fingerprint density at radius 3 is 2.73 bits per heavy atom. The first-order chi connectivity index (χ1) is 10.3. The Bertz CT molecular complexity index is 647. The number of hydrogen-bond acceptors (Lipinski definition) is 4. The molecule has 118 valence electrons. The van der Waals surface area contributed by atoms with Gasteiger partial charge in [-0.3, -0.25) is 9.59 Å². The molecule has 1 amide bonds. The van der Waals surface area contributed by atoms with Crippen LogP contribution in [0.15, 0.2) is 16.6 Å². The van der Waals surface area contributed by atoms with Crippen LogP contribution in [0.5, 0.6) is 0 Å². The van der Waals surface area contributed by atoms with Gasteiger partial charge in [-0.25, -0.2) is 4.79 Å². The van der Waals surface area contributed by atoms with Gasteiger partial charge in [-0.2, -0.15) is 0 Å². The maximum absolute atomic E-state index is 12.2. The number of rotatable bonds is 4. The molecule has 2 rings (SSSR count). The number of amides is 1. The van der Waals surface area contributed by atoms with E-state index in [1.165, 1.54) is 24.8 Å². The first-order valence-corrected chi connectivity index (χ1v) is 8.54. The number of thioether (sulfide) groups is 1. The van der Waals surface area contributed by atoms with Crippen LogP contribution in [0.4, 0.5) is 5.69 Å². The first kappa shape index (κ1) is 17.0. The zero-order chi connectivity index (χ0) is 16.4. The number of carboxylic acid groups (broad SMARTS) is 1. The summed E-state index contributed by atoms with van der Waals surface area (Å²) in [5.41, 5.74) is 1.60. The number of carbonyl (C=O) groups excluding carboxylic acids is 2. The molecule has 1 N–H and O–H groups in total. The molecule has 0 radical (unpaired) electrons. The van der Waals surface area contributed by atoms with Crippen LogP contribution >= 0.6 is 27.7 Å². The third-order valence-corrected chi connectivity index (χ3v) is 5.23. The molecule has 22 heavy (non-hydrogen) atoms. The Kier molecular flexibility index (Phi) is 5.28. The number of benzene rings is 1. The molecule has 1 heterocycles. The van der Waals surface area contributed by atoms with Crippen LogP contribution in [-0.4, -0.2) is 34.4 Å². The minimum Gasteiger partial charge on any atom is -0.478 e. The average molecular weight is 386 g/mol. The zero-order valence-corrected chi connectivity index (χ0v) is 14.7. The number of carboxylic acids is 1. The monoisotopic (exact) mass is 385 g/mol. The molecule has 1 aliphatic heterocycles.